The van der Waals surface area contributed by atoms with Crippen molar-refractivity contribution in [3.63, 3.8) is 0 Å². The summed E-state index contributed by atoms with van der Waals surface area (Å²) in [6.45, 7) is 6.81. The van der Waals surface area contributed by atoms with Gasteiger partial charge >= 0.3 is 0 Å². The molecule has 0 saturated heterocycles. The van der Waals surface area contributed by atoms with Crippen molar-refractivity contribution >= 4 is 0 Å². The summed E-state index contributed by atoms with van der Waals surface area (Å²) < 4.78 is 7.47. The average molecular weight is 254 g/mol. The first kappa shape index (κ1) is 15.2. The molecule has 2 unspecified atom stereocenters. The molecular weight excluding hydrogens is 228 g/mol. The molecule has 0 fully saturated rings. The third-order valence-electron chi connectivity index (χ3n) is 3.19. The lowest BCUT2D eigenvalue weighted by atomic mass is 10.0. The number of ether oxygens (including phenoxy) is 1. The number of aliphatic hydroxyl groups excluding tert-OH is 1. The Hall–Kier alpha value is -0.870. The molecule has 0 aliphatic carbocycles. The van der Waals surface area contributed by atoms with Gasteiger partial charge < -0.3 is 9.84 Å². The summed E-state index contributed by atoms with van der Waals surface area (Å²) in [7, 11) is 1.93. The van der Waals surface area contributed by atoms with Crippen LogP contribution in [0.1, 0.15) is 45.0 Å². The van der Waals surface area contributed by atoms with Gasteiger partial charge in [0.2, 0.25) is 0 Å². The summed E-state index contributed by atoms with van der Waals surface area (Å²) in [5, 5.41) is 14.7. The van der Waals surface area contributed by atoms with Crippen molar-refractivity contribution in [2.75, 3.05) is 6.61 Å². The highest BCUT2D eigenvalue weighted by molar-refractivity contribution is 5.11. The summed E-state index contributed by atoms with van der Waals surface area (Å²) >= 11 is 0. The maximum Gasteiger partial charge on any atom is 0.0856 e. The van der Waals surface area contributed by atoms with E-state index in [9.17, 15) is 5.11 Å². The Bertz CT molecular complexity index is 344. The van der Waals surface area contributed by atoms with Crippen LogP contribution in [-0.2, 0) is 24.6 Å². The van der Waals surface area contributed by atoms with Crippen molar-refractivity contribution in [3.8, 4) is 0 Å². The monoisotopic (exact) mass is 254 g/mol. The lowest BCUT2D eigenvalue weighted by molar-refractivity contribution is -0.0369. The molecule has 104 valence electrons. The molecule has 18 heavy (non-hydrogen) atoms. The Labute approximate surface area is 110 Å². The Morgan fingerprint density at radius 1 is 1.39 bits per heavy atom. The lowest BCUT2D eigenvalue weighted by Crippen LogP contribution is -2.31. The first-order chi connectivity index (χ1) is 8.62. The van der Waals surface area contributed by atoms with Crippen molar-refractivity contribution in [2.45, 2.75) is 58.7 Å². The molecule has 0 aliphatic rings. The predicted octanol–water partition coefficient (Wildman–Crippen LogP) is 2.09. The molecule has 1 N–H and O–H groups in total. The second-order valence-corrected chi connectivity index (χ2v) is 4.66. The number of aromatic nitrogens is 2. The van der Waals surface area contributed by atoms with Crippen LogP contribution in [0.15, 0.2) is 6.07 Å². The highest BCUT2D eigenvalue weighted by Crippen LogP contribution is 2.14. The summed E-state index contributed by atoms with van der Waals surface area (Å²) in [5.41, 5.74) is 2.14. The van der Waals surface area contributed by atoms with E-state index >= 15 is 0 Å². The van der Waals surface area contributed by atoms with Gasteiger partial charge in [-0.25, -0.2) is 0 Å². The van der Waals surface area contributed by atoms with E-state index in [0.717, 1.165) is 30.7 Å². The SMILES string of the molecule is CCCC(OCC)C(O)Cc1cc(CC)nn1C. The second-order valence-electron chi connectivity index (χ2n) is 4.66. The normalized spacial score (nSPS) is 14.7. The van der Waals surface area contributed by atoms with Gasteiger partial charge in [-0.15, -0.1) is 0 Å². The first-order valence-corrected chi connectivity index (χ1v) is 6.93. The van der Waals surface area contributed by atoms with Gasteiger partial charge in [0, 0.05) is 25.8 Å². The van der Waals surface area contributed by atoms with Crippen LogP contribution in [-0.4, -0.2) is 33.7 Å². The number of aliphatic hydroxyl groups is 1. The van der Waals surface area contributed by atoms with Crippen LogP contribution in [0.25, 0.3) is 0 Å². The Kier molecular flexibility index (Phi) is 6.36. The van der Waals surface area contributed by atoms with E-state index in [1.807, 2.05) is 18.7 Å². The fraction of sp³-hybridized carbons (Fsp3) is 0.786. The fourth-order valence-electron chi connectivity index (χ4n) is 2.17. The van der Waals surface area contributed by atoms with Crippen molar-refractivity contribution in [1.29, 1.82) is 0 Å². The number of hydrogen-bond donors (Lipinski definition) is 1. The topological polar surface area (TPSA) is 47.3 Å². The third kappa shape index (κ3) is 4.10. The van der Waals surface area contributed by atoms with E-state index < -0.39 is 6.10 Å². The van der Waals surface area contributed by atoms with Crippen LogP contribution in [0.5, 0.6) is 0 Å². The van der Waals surface area contributed by atoms with E-state index in [0.29, 0.717) is 13.0 Å². The molecule has 0 saturated carbocycles. The average Bonchev–Trinajstić information content (AvgIpc) is 2.70. The Morgan fingerprint density at radius 2 is 2.11 bits per heavy atom. The molecule has 0 spiro atoms. The first-order valence-electron chi connectivity index (χ1n) is 6.93. The van der Waals surface area contributed by atoms with Gasteiger partial charge in [0.05, 0.1) is 17.9 Å². The molecule has 0 bridgehead atoms. The molecule has 4 heteroatoms. The standard InChI is InChI=1S/C14H26N2O2/c1-5-8-14(18-7-3)13(17)10-12-9-11(6-2)15-16(12)4/h9,13-14,17H,5-8,10H2,1-4H3. The fourth-order valence-corrected chi connectivity index (χ4v) is 2.17. The van der Waals surface area contributed by atoms with Crippen LogP contribution in [0.2, 0.25) is 0 Å². The van der Waals surface area contributed by atoms with Gasteiger partial charge in [-0.2, -0.15) is 5.10 Å². The molecule has 2 atom stereocenters. The van der Waals surface area contributed by atoms with Crippen LogP contribution >= 0.6 is 0 Å². The van der Waals surface area contributed by atoms with Gasteiger partial charge in [0.25, 0.3) is 0 Å². The number of aryl methyl sites for hydroxylation is 2. The minimum atomic E-state index is -0.454. The zero-order valence-corrected chi connectivity index (χ0v) is 12.0. The molecule has 4 nitrogen and oxygen atoms in total. The Balaban J connectivity index is 2.65. The molecule has 0 amide bonds. The number of hydrogen-bond acceptors (Lipinski definition) is 3. The highest BCUT2D eigenvalue weighted by Gasteiger charge is 2.20. The van der Waals surface area contributed by atoms with Crippen molar-refractivity contribution in [1.82, 2.24) is 9.78 Å². The molecule has 1 aromatic rings. The van der Waals surface area contributed by atoms with Crippen LogP contribution < -0.4 is 0 Å². The molecule has 1 rings (SSSR count). The summed E-state index contributed by atoms with van der Waals surface area (Å²) in [6.07, 6.45) is 2.92. The molecule has 0 aromatic carbocycles. The van der Waals surface area contributed by atoms with Gasteiger partial charge in [-0.1, -0.05) is 20.3 Å². The van der Waals surface area contributed by atoms with E-state index in [4.69, 9.17) is 4.74 Å². The molecule has 0 radical (unpaired) electrons. The Morgan fingerprint density at radius 3 is 2.61 bits per heavy atom. The highest BCUT2D eigenvalue weighted by atomic mass is 16.5. The summed E-state index contributed by atoms with van der Waals surface area (Å²) in [4.78, 5) is 0. The zero-order valence-electron chi connectivity index (χ0n) is 12.0. The van der Waals surface area contributed by atoms with Gasteiger partial charge in [-0.3, -0.25) is 4.68 Å². The molecule has 0 aliphatic heterocycles. The number of nitrogens with zero attached hydrogens (tertiary/aromatic N) is 2. The summed E-state index contributed by atoms with van der Waals surface area (Å²) in [6, 6.07) is 2.07. The van der Waals surface area contributed by atoms with E-state index in [-0.39, 0.29) is 6.10 Å². The smallest absolute Gasteiger partial charge is 0.0856 e. The van der Waals surface area contributed by atoms with Crippen LogP contribution in [0.3, 0.4) is 0 Å². The van der Waals surface area contributed by atoms with E-state index in [1.165, 1.54) is 0 Å². The van der Waals surface area contributed by atoms with Crippen LogP contribution in [0.4, 0.5) is 0 Å². The predicted molar refractivity (Wildman–Crippen MR) is 72.6 cm³/mol. The minimum Gasteiger partial charge on any atom is -0.390 e. The van der Waals surface area contributed by atoms with Crippen LogP contribution in [0, 0.1) is 0 Å². The molecule has 1 heterocycles. The zero-order chi connectivity index (χ0) is 13.5. The summed E-state index contributed by atoms with van der Waals surface area (Å²) in [5.74, 6) is 0. The van der Waals surface area contributed by atoms with Gasteiger partial charge in [-0.05, 0) is 25.8 Å². The van der Waals surface area contributed by atoms with Crippen molar-refractivity contribution in [2.24, 2.45) is 7.05 Å². The second kappa shape index (κ2) is 7.54. The third-order valence-corrected chi connectivity index (χ3v) is 3.19. The molecular formula is C14H26N2O2. The minimum absolute atomic E-state index is 0.0695. The van der Waals surface area contributed by atoms with Gasteiger partial charge in [0.1, 0.15) is 0 Å². The van der Waals surface area contributed by atoms with E-state index in [1.54, 1.807) is 0 Å². The molecule has 1 aromatic heterocycles. The van der Waals surface area contributed by atoms with Gasteiger partial charge in [0.15, 0.2) is 0 Å². The largest absolute Gasteiger partial charge is 0.390 e. The van der Waals surface area contributed by atoms with E-state index in [2.05, 4.69) is 25.0 Å². The van der Waals surface area contributed by atoms with Crippen molar-refractivity contribution < 1.29 is 9.84 Å². The van der Waals surface area contributed by atoms with Crippen molar-refractivity contribution in [3.05, 3.63) is 17.5 Å². The lowest BCUT2D eigenvalue weighted by Gasteiger charge is -2.22. The maximum absolute atomic E-state index is 10.3. The number of rotatable bonds is 8. The maximum atomic E-state index is 10.3. The quantitative estimate of drug-likeness (QED) is 0.772.